The van der Waals surface area contributed by atoms with Crippen LogP contribution in [0.5, 0.6) is 5.75 Å². The van der Waals surface area contributed by atoms with E-state index >= 15 is 0 Å². The predicted octanol–water partition coefficient (Wildman–Crippen LogP) is 3.30. The number of fused-ring (bicyclic) bond motifs is 1. The number of hydrogen-bond donors (Lipinski definition) is 1. The molecule has 27 heavy (non-hydrogen) atoms. The van der Waals surface area contributed by atoms with Gasteiger partial charge in [-0.15, -0.1) is 0 Å². The number of benzene rings is 2. The summed E-state index contributed by atoms with van der Waals surface area (Å²) >= 11 is 0. The van der Waals surface area contributed by atoms with Gasteiger partial charge in [0, 0.05) is 38.3 Å². The van der Waals surface area contributed by atoms with Gasteiger partial charge in [-0.05, 0) is 49.1 Å². The Labute approximate surface area is 162 Å². The molecule has 2 aliphatic heterocycles. The highest BCUT2D eigenvalue weighted by atomic mass is 16.5. The zero-order chi connectivity index (χ0) is 18.5. The number of ether oxygens (including phenoxy) is 1. The average Bonchev–Trinajstić information content (AvgIpc) is 3.15. The molecule has 4 nitrogen and oxygen atoms in total. The van der Waals surface area contributed by atoms with Crippen LogP contribution < -0.4 is 4.74 Å². The summed E-state index contributed by atoms with van der Waals surface area (Å²) in [4.78, 5) is 5.19. The number of hydrogen-bond acceptors (Lipinski definition) is 4. The highest BCUT2D eigenvalue weighted by Gasteiger charge is 2.35. The van der Waals surface area contributed by atoms with E-state index in [0.29, 0.717) is 18.7 Å². The molecule has 0 saturated carbocycles. The normalized spacial score (nSPS) is 23.3. The molecule has 0 spiro atoms. The molecule has 2 atom stereocenters. The molecule has 1 N–H and O–H groups in total. The minimum Gasteiger partial charge on any atom is -0.489 e. The number of nitrogens with zero attached hydrogens (tertiary/aromatic N) is 2. The van der Waals surface area contributed by atoms with Crippen LogP contribution in [-0.2, 0) is 13.2 Å². The second-order valence-corrected chi connectivity index (χ2v) is 7.81. The number of piperazine rings is 1. The van der Waals surface area contributed by atoms with E-state index in [9.17, 15) is 5.11 Å². The third kappa shape index (κ3) is 4.70. The third-order valence-corrected chi connectivity index (χ3v) is 5.90. The largest absolute Gasteiger partial charge is 0.489 e. The second-order valence-electron chi connectivity index (χ2n) is 7.81. The van der Waals surface area contributed by atoms with Gasteiger partial charge in [0.05, 0.1) is 0 Å². The van der Waals surface area contributed by atoms with Gasteiger partial charge < -0.3 is 9.84 Å². The number of rotatable bonds is 7. The third-order valence-electron chi connectivity index (χ3n) is 5.90. The van der Waals surface area contributed by atoms with Crippen molar-refractivity contribution in [2.45, 2.75) is 44.5 Å². The molecule has 144 valence electrons. The first kappa shape index (κ1) is 18.5. The Morgan fingerprint density at radius 1 is 1.00 bits per heavy atom. The Morgan fingerprint density at radius 2 is 1.85 bits per heavy atom. The maximum Gasteiger partial charge on any atom is 0.120 e. The van der Waals surface area contributed by atoms with Gasteiger partial charge in [-0.1, -0.05) is 42.5 Å². The quantitative estimate of drug-likeness (QED) is 0.816. The van der Waals surface area contributed by atoms with Crippen molar-refractivity contribution >= 4 is 0 Å². The summed E-state index contributed by atoms with van der Waals surface area (Å²) in [5, 5.41) is 9.50. The van der Waals surface area contributed by atoms with E-state index in [1.807, 2.05) is 24.3 Å². The smallest absolute Gasteiger partial charge is 0.120 e. The standard InChI is InChI=1S/C23H30N2O2/c26-13-11-22-16-24-12-5-9-21(24)17-25(22)15-20-8-4-10-23(14-20)27-18-19-6-2-1-3-7-19/h1-4,6-8,10,14,21-22,26H,5,9,11-13,15-18H2/t21-,22+/m1/s1. The Kier molecular flexibility index (Phi) is 6.07. The first-order chi connectivity index (χ1) is 13.3. The van der Waals surface area contributed by atoms with Crippen molar-refractivity contribution in [1.29, 1.82) is 0 Å². The minimum atomic E-state index is 0.264. The lowest BCUT2D eigenvalue weighted by molar-refractivity contribution is 0.0333. The van der Waals surface area contributed by atoms with Crippen molar-refractivity contribution in [3.8, 4) is 5.75 Å². The van der Waals surface area contributed by atoms with Gasteiger partial charge in [0.15, 0.2) is 0 Å². The zero-order valence-electron chi connectivity index (χ0n) is 16.0. The van der Waals surface area contributed by atoms with E-state index in [2.05, 4.69) is 40.1 Å². The monoisotopic (exact) mass is 366 g/mol. The van der Waals surface area contributed by atoms with Crippen LogP contribution in [0.2, 0.25) is 0 Å². The molecule has 2 fully saturated rings. The van der Waals surface area contributed by atoms with Gasteiger partial charge in [-0.2, -0.15) is 0 Å². The molecule has 2 aliphatic rings. The van der Waals surface area contributed by atoms with Crippen molar-refractivity contribution in [2.24, 2.45) is 0 Å². The van der Waals surface area contributed by atoms with E-state index in [1.165, 1.54) is 30.5 Å². The molecule has 0 unspecified atom stereocenters. The van der Waals surface area contributed by atoms with Crippen LogP contribution in [0.15, 0.2) is 54.6 Å². The Morgan fingerprint density at radius 3 is 2.70 bits per heavy atom. The topological polar surface area (TPSA) is 35.9 Å². The van der Waals surface area contributed by atoms with E-state index in [0.717, 1.165) is 31.8 Å². The van der Waals surface area contributed by atoms with Crippen LogP contribution >= 0.6 is 0 Å². The summed E-state index contributed by atoms with van der Waals surface area (Å²) < 4.78 is 6.00. The van der Waals surface area contributed by atoms with E-state index in [-0.39, 0.29) is 6.61 Å². The predicted molar refractivity (Wildman–Crippen MR) is 108 cm³/mol. The fourth-order valence-corrected chi connectivity index (χ4v) is 4.47. The first-order valence-electron chi connectivity index (χ1n) is 10.2. The maximum absolute atomic E-state index is 9.50. The summed E-state index contributed by atoms with van der Waals surface area (Å²) in [7, 11) is 0. The Hall–Kier alpha value is -1.88. The van der Waals surface area contributed by atoms with Gasteiger partial charge in [0.2, 0.25) is 0 Å². The fraction of sp³-hybridized carbons (Fsp3) is 0.478. The highest BCUT2D eigenvalue weighted by molar-refractivity contribution is 5.29. The fourth-order valence-electron chi connectivity index (χ4n) is 4.47. The molecule has 2 saturated heterocycles. The van der Waals surface area contributed by atoms with Crippen LogP contribution in [0, 0.1) is 0 Å². The molecule has 0 bridgehead atoms. The molecule has 2 aromatic carbocycles. The first-order valence-corrected chi connectivity index (χ1v) is 10.2. The van der Waals surface area contributed by atoms with Gasteiger partial charge in [0.1, 0.15) is 12.4 Å². The van der Waals surface area contributed by atoms with Crippen molar-refractivity contribution < 1.29 is 9.84 Å². The van der Waals surface area contributed by atoms with Crippen LogP contribution in [0.1, 0.15) is 30.4 Å². The molecule has 2 heterocycles. The lowest BCUT2D eigenvalue weighted by Gasteiger charge is -2.43. The molecule has 0 radical (unpaired) electrons. The van der Waals surface area contributed by atoms with Crippen LogP contribution in [0.25, 0.3) is 0 Å². The molecule has 0 aliphatic carbocycles. The number of aliphatic hydroxyl groups excluding tert-OH is 1. The molecule has 0 amide bonds. The van der Waals surface area contributed by atoms with Gasteiger partial charge in [-0.25, -0.2) is 0 Å². The molecular weight excluding hydrogens is 336 g/mol. The molecule has 4 rings (SSSR count). The number of aliphatic hydroxyl groups is 1. The molecule has 0 aromatic heterocycles. The molecule has 2 aromatic rings. The van der Waals surface area contributed by atoms with Gasteiger partial charge >= 0.3 is 0 Å². The lowest BCUT2D eigenvalue weighted by atomic mass is 10.0. The van der Waals surface area contributed by atoms with Crippen LogP contribution in [0.3, 0.4) is 0 Å². The van der Waals surface area contributed by atoms with Crippen molar-refractivity contribution in [3.05, 3.63) is 65.7 Å². The minimum absolute atomic E-state index is 0.264. The van der Waals surface area contributed by atoms with E-state index < -0.39 is 0 Å². The van der Waals surface area contributed by atoms with Gasteiger partial charge in [-0.3, -0.25) is 9.80 Å². The molecule has 4 heteroatoms. The highest BCUT2D eigenvalue weighted by Crippen LogP contribution is 2.27. The lowest BCUT2D eigenvalue weighted by Crippen LogP contribution is -2.55. The SMILES string of the molecule is OCC[C@H]1CN2CCC[C@@H]2CN1Cc1cccc(OCc2ccccc2)c1. The summed E-state index contributed by atoms with van der Waals surface area (Å²) in [5.41, 5.74) is 2.47. The summed E-state index contributed by atoms with van der Waals surface area (Å²) in [6.45, 7) is 5.22. The average molecular weight is 367 g/mol. The summed E-state index contributed by atoms with van der Waals surface area (Å²) in [6.07, 6.45) is 3.48. The Bertz CT molecular complexity index is 721. The van der Waals surface area contributed by atoms with E-state index in [4.69, 9.17) is 4.74 Å². The van der Waals surface area contributed by atoms with Crippen molar-refractivity contribution in [1.82, 2.24) is 9.80 Å². The van der Waals surface area contributed by atoms with Crippen molar-refractivity contribution in [3.63, 3.8) is 0 Å². The van der Waals surface area contributed by atoms with Crippen LogP contribution in [-0.4, -0.2) is 53.2 Å². The second kappa shape index (κ2) is 8.87. The molecular formula is C23H30N2O2. The summed E-state index contributed by atoms with van der Waals surface area (Å²) in [5.74, 6) is 0.926. The van der Waals surface area contributed by atoms with Gasteiger partial charge in [0.25, 0.3) is 0 Å². The van der Waals surface area contributed by atoms with Crippen LogP contribution in [0.4, 0.5) is 0 Å². The summed E-state index contributed by atoms with van der Waals surface area (Å²) in [6, 6.07) is 19.9. The van der Waals surface area contributed by atoms with E-state index in [1.54, 1.807) is 0 Å². The Balaban J connectivity index is 1.40. The van der Waals surface area contributed by atoms with Crippen molar-refractivity contribution in [2.75, 3.05) is 26.2 Å². The maximum atomic E-state index is 9.50. The zero-order valence-corrected chi connectivity index (χ0v) is 16.0.